The molecule has 0 spiro atoms. The summed E-state index contributed by atoms with van der Waals surface area (Å²) in [4.78, 5) is 11.0. The van der Waals surface area contributed by atoms with Crippen LogP contribution in [-0.2, 0) is 4.79 Å². The number of rotatable bonds is 4. The van der Waals surface area contributed by atoms with Crippen LogP contribution in [0.3, 0.4) is 0 Å². The van der Waals surface area contributed by atoms with Crippen LogP contribution in [0.2, 0.25) is 0 Å². The summed E-state index contributed by atoms with van der Waals surface area (Å²) in [6.07, 6.45) is 1.79. The molecular formula is C14H18N2O. The Labute approximate surface area is 102 Å². The Morgan fingerprint density at radius 2 is 2.12 bits per heavy atom. The summed E-state index contributed by atoms with van der Waals surface area (Å²) < 4.78 is 0. The van der Waals surface area contributed by atoms with E-state index in [1.165, 1.54) is 5.56 Å². The van der Waals surface area contributed by atoms with Crippen molar-refractivity contribution in [2.45, 2.75) is 19.4 Å². The number of nitrogens with one attached hydrogen (secondary N) is 2. The fourth-order valence-electron chi connectivity index (χ4n) is 2.06. The molecule has 3 nitrogen and oxygen atoms in total. The second-order valence-corrected chi connectivity index (χ2v) is 4.33. The Kier molecular flexibility index (Phi) is 3.94. The summed E-state index contributed by atoms with van der Waals surface area (Å²) >= 11 is 0. The van der Waals surface area contributed by atoms with Gasteiger partial charge in [0.25, 0.3) is 0 Å². The Morgan fingerprint density at radius 1 is 1.35 bits per heavy atom. The maximum absolute atomic E-state index is 11.0. The van der Waals surface area contributed by atoms with Crippen molar-refractivity contribution in [3.05, 3.63) is 47.2 Å². The van der Waals surface area contributed by atoms with Gasteiger partial charge in [0, 0.05) is 23.9 Å². The van der Waals surface area contributed by atoms with Gasteiger partial charge in [-0.15, -0.1) is 0 Å². The molecule has 2 rings (SSSR count). The van der Waals surface area contributed by atoms with E-state index in [1.54, 1.807) is 0 Å². The Bertz CT molecular complexity index is 411. The maximum Gasteiger partial charge on any atom is 0.147 e. The van der Waals surface area contributed by atoms with Gasteiger partial charge >= 0.3 is 0 Å². The third kappa shape index (κ3) is 2.94. The van der Waals surface area contributed by atoms with E-state index in [0.717, 1.165) is 37.1 Å². The summed E-state index contributed by atoms with van der Waals surface area (Å²) in [5.74, 6) is 0. The van der Waals surface area contributed by atoms with Crippen molar-refractivity contribution in [2.75, 3.05) is 13.1 Å². The zero-order chi connectivity index (χ0) is 12.1. The highest BCUT2D eigenvalue weighted by Gasteiger charge is 2.14. The first kappa shape index (κ1) is 11.9. The highest BCUT2D eigenvalue weighted by molar-refractivity contribution is 5.74. The van der Waals surface area contributed by atoms with Crippen molar-refractivity contribution < 1.29 is 4.79 Å². The zero-order valence-corrected chi connectivity index (χ0v) is 10.1. The molecule has 0 unspecified atom stereocenters. The molecule has 0 bridgehead atoms. The summed E-state index contributed by atoms with van der Waals surface area (Å²) in [6.45, 7) is 3.75. The predicted molar refractivity (Wildman–Crippen MR) is 68.6 cm³/mol. The smallest absolute Gasteiger partial charge is 0.147 e. The molecule has 1 aromatic rings. The van der Waals surface area contributed by atoms with Crippen molar-refractivity contribution in [3.8, 4) is 0 Å². The first-order valence-electron chi connectivity index (χ1n) is 6.00. The van der Waals surface area contributed by atoms with Crippen LogP contribution in [0.5, 0.6) is 0 Å². The molecule has 0 saturated carbocycles. The molecule has 0 radical (unpaired) electrons. The number of hydrogen-bond acceptors (Lipinski definition) is 3. The quantitative estimate of drug-likeness (QED) is 0.775. The molecule has 17 heavy (non-hydrogen) atoms. The summed E-state index contributed by atoms with van der Waals surface area (Å²) in [6, 6.07) is 10.5. The summed E-state index contributed by atoms with van der Waals surface area (Å²) in [7, 11) is 0. The van der Waals surface area contributed by atoms with E-state index >= 15 is 0 Å². The van der Waals surface area contributed by atoms with Gasteiger partial charge in [0.15, 0.2) is 0 Å². The summed E-state index contributed by atoms with van der Waals surface area (Å²) in [5, 5.41) is 6.70. The van der Waals surface area contributed by atoms with Gasteiger partial charge in [-0.05, 0) is 25.5 Å². The van der Waals surface area contributed by atoms with Crippen molar-refractivity contribution in [1.29, 1.82) is 0 Å². The molecule has 0 saturated heterocycles. The van der Waals surface area contributed by atoms with Crippen LogP contribution < -0.4 is 10.6 Å². The molecule has 0 fully saturated rings. The highest BCUT2D eigenvalue weighted by Crippen LogP contribution is 2.16. The van der Waals surface area contributed by atoms with Gasteiger partial charge < -0.3 is 10.6 Å². The first-order valence-corrected chi connectivity index (χ1v) is 6.00. The van der Waals surface area contributed by atoms with Gasteiger partial charge in [0.2, 0.25) is 0 Å². The molecule has 0 aliphatic carbocycles. The Morgan fingerprint density at radius 3 is 2.82 bits per heavy atom. The Hall–Kier alpha value is -1.61. The van der Waals surface area contributed by atoms with Crippen LogP contribution in [-0.4, -0.2) is 19.4 Å². The largest absolute Gasteiger partial charge is 0.380 e. The van der Waals surface area contributed by atoms with Crippen LogP contribution in [0, 0.1) is 0 Å². The topological polar surface area (TPSA) is 41.1 Å². The minimum absolute atomic E-state index is 0.223. The normalized spacial score (nSPS) is 17.7. The standard InChI is InChI=1S/C14H18N2O/c1-11(12-5-3-2-4-6-12)16-14-9-15-8-7-13(14)10-17/h2-6,10-11,15-16H,7-9H2,1H3/t11-/m0/s1. The van der Waals surface area contributed by atoms with E-state index in [0.29, 0.717) is 0 Å². The molecule has 0 aromatic heterocycles. The van der Waals surface area contributed by atoms with Crippen molar-refractivity contribution in [2.24, 2.45) is 0 Å². The lowest BCUT2D eigenvalue weighted by Crippen LogP contribution is -2.33. The van der Waals surface area contributed by atoms with E-state index < -0.39 is 0 Å². The average Bonchev–Trinajstić information content (AvgIpc) is 2.40. The van der Waals surface area contributed by atoms with E-state index in [1.807, 2.05) is 18.2 Å². The van der Waals surface area contributed by atoms with Gasteiger partial charge in [0.1, 0.15) is 6.29 Å². The monoisotopic (exact) mass is 230 g/mol. The van der Waals surface area contributed by atoms with E-state index in [2.05, 4.69) is 29.7 Å². The maximum atomic E-state index is 11.0. The van der Waals surface area contributed by atoms with Gasteiger partial charge in [-0.25, -0.2) is 0 Å². The van der Waals surface area contributed by atoms with E-state index in [4.69, 9.17) is 0 Å². The minimum atomic E-state index is 0.223. The van der Waals surface area contributed by atoms with Gasteiger partial charge in [0.05, 0.1) is 0 Å². The van der Waals surface area contributed by atoms with Crippen LogP contribution >= 0.6 is 0 Å². The molecule has 1 atom stereocenters. The molecule has 1 aromatic carbocycles. The zero-order valence-electron chi connectivity index (χ0n) is 10.1. The highest BCUT2D eigenvalue weighted by atomic mass is 16.1. The lowest BCUT2D eigenvalue weighted by atomic mass is 10.0. The number of carbonyl (C=O) groups is 1. The second-order valence-electron chi connectivity index (χ2n) is 4.33. The predicted octanol–water partition coefficient (Wildman–Crippen LogP) is 1.78. The third-order valence-electron chi connectivity index (χ3n) is 3.09. The summed E-state index contributed by atoms with van der Waals surface area (Å²) in [5.41, 5.74) is 3.16. The van der Waals surface area contributed by atoms with Crippen molar-refractivity contribution in [1.82, 2.24) is 10.6 Å². The van der Waals surface area contributed by atoms with E-state index in [9.17, 15) is 4.79 Å². The molecule has 0 amide bonds. The third-order valence-corrected chi connectivity index (χ3v) is 3.09. The van der Waals surface area contributed by atoms with Crippen molar-refractivity contribution in [3.63, 3.8) is 0 Å². The molecule has 90 valence electrons. The lowest BCUT2D eigenvalue weighted by molar-refractivity contribution is -0.105. The number of carbonyl (C=O) groups excluding carboxylic acids is 1. The average molecular weight is 230 g/mol. The fourth-order valence-corrected chi connectivity index (χ4v) is 2.06. The van der Waals surface area contributed by atoms with Crippen LogP contribution in [0.4, 0.5) is 0 Å². The van der Waals surface area contributed by atoms with Crippen LogP contribution in [0.1, 0.15) is 24.9 Å². The molecule has 2 N–H and O–H groups in total. The van der Waals surface area contributed by atoms with Gasteiger partial charge in [-0.3, -0.25) is 4.79 Å². The van der Waals surface area contributed by atoms with Crippen LogP contribution in [0.15, 0.2) is 41.6 Å². The molecule has 1 heterocycles. The molecule has 3 heteroatoms. The van der Waals surface area contributed by atoms with Gasteiger partial charge in [-0.1, -0.05) is 30.3 Å². The first-order chi connectivity index (χ1) is 8.31. The van der Waals surface area contributed by atoms with E-state index in [-0.39, 0.29) is 6.04 Å². The molecule has 1 aliphatic heterocycles. The number of hydrogen-bond donors (Lipinski definition) is 2. The second kappa shape index (κ2) is 5.64. The molecule has 1 aliphatic rings. The fraction of sp³-hybridized carbons (Fsp3) is 0.357. The minimum Gasteiger partial charge on any atom is -0.380 e. The lowest BCUT2D eigenvalue weighted by Gasteiger charge is -2.23. The van der Waals surface area contributed by atoms with Crippen LogP contribution in [0.25, 0.3) is 0 Å². The number of aldehydes is 1. The molecular weight excluding hydrogens is 212 g/mol. The van der Waals surface area contributed by atoms with Gasteiger partial charge in [-0.2, -0.15) is 0 Å². The SMILES string of the molecule is C[C@H](NC1=C(C=O)CCNC1)c1ccccc1. The number of benzene rings is 1. The Balaban J connectivity index is 2.10. The van der Waals surface area contributed by atoms with Crippen molar-refractivity contribution >= 4 is 6.29 Å².